The Morgan fingerprint density at radius 1 is 1.00 bits per heavy atom. The minimum Gasteiger partial charge on any atom is -0.389 e. The number of ether oxygens (including phenoxy) is 1. The Balaban J connectivity index is 1.59. The molecule has 112 valence electrons. The third kappa shape index (κ3) is 1.11. The lowest BCUT2D eigenvalue weighted by atomic mass is 9.53. The van der Waals surface area contributed by atoms with Crippen molar-refractivity contribution in [3.05, 3.63) is 0 Å². The second kappa shape index (κ2) is 3.15. The lowest BCUT2D eigenvalue weighted by molar-refractivity contribution is -0.133. The van der Waals surface area contributed by atoms with Crippen molar-refractivity contribution >= 4 is 0 Å². The van der Waals surface area contributed by atoms with E-state index in [4.69, 9.17) is 4.74 Å². The van der Waals surface area contributed by atoms with Crippen LogP contribution in [0.15, 0.2) is 0 Å². The predicted molar refractivity (Wildman–Crippen MR) is 77.2 cm³/mol. The Kier molecular flexibility index (Phi) is 1.96. The molecule has 0 aromatic rings. The summed E-state index contributed by atoms with van der Waals surface area (Å²) in [6, 6.07) is 0. The molecule has 5 aliphatic rings. The molecule has 1 spiro atoms. The van der Waals surface area contributed by atoms with Gasteiger partial charge >= 0.3 is 0 Å². The summed E-state index contributed by atoms with van der Waals surface area (Å²) in [5.74, 6) is 2.89. The zero-order valence-electron chi connectivity index (χ0n) is 13.1. The van der Waals surface area contributed by atoms with Crippen LogP contribution in [0.1, 0.15) is 65.7 Å². The number of aliphatic hydroxyl groups is 1. The monoisotopic (exact) mass is 276 g/mol. The van der Waals surface area contributed by atoms with Crippen LogP contribution < -0.4 is 0 Å². The van der Waals surface area contributed by atoms with Gasteiger partial charge in [0.05, 0.1) is 11.2 Å². The first-order chi connectivity index (χ1) is 9.35. The zero-order chi connectivity index (χ0) is 14.0. The summed E-state index contributed by atoms with van der Waals surface area (Å²) >= 11 is 0. The standard InChI is InChI=1S/C18H28O2/c1-15(2)12-10-16(3)18(20-16)11(14(12)15)7-9-17(19)8-5-4-6-13(17)18/h11-14,19H,4-10H2,1-3H3/t11-,12+,13+,14+,16+,17-,18-/m0/s1. The van der Waals surface area contributed by atoms with Gasteiger partial charge < -0.3 is 9.84 Å². The van der Waals surface area contributed by atoms with E-state index in [1.807, 2.05) is 0 Å². The molecule has 0 unspecified atom stereocenters. The van der Waals surface area contributed by atoms with E-state index in [0.717, 1.165) is 30.6 Å². The molecule has 0 aromatic carbocycles. The molecule has 0 bridgehead atoms. The fourth-order valence-corrected chi connectivity index (χ4v) is 7.31. The molecule has 0 aromatic heterocycles. The van der Waals surface area contributed by atoms with Crippen molar-refractivity contribution in [3.63, 3.8) is 0 Å². The number of epoxide rings is 1. The normalized spacial score (nSPS) is 65.4. The number of hydrogen-bond donors (Lipinski definition) is 1. The summed E-state index contributed by atoms with van der Waals surface area (Å²) in [6.45, 7) is 7.28. The van der Waals surface area contributed by atoms with Gasteiger partial charge in [0.2, 0.25) is 0 Å². The minimum absolute atomic E-state index is 0.0509. The van der Waals surface area contributed by atoms with Crippen molar-refractivity contribution < 1.29 is 9.84 Å². The molecule has 1 saturated heterocycles. The summed E-state index contributed by atoms with van der Waals surface area (Å²) in [5, 5.41) is 11.2. The second-order valence-electron chi connectivity index (χ2n) is 9.33. The molecular formula is C18H28O2. The molecule has 5 rings (SSSR count). The molecule has 1 N–H and O–H groups in total. The smallest absolute Gasteiger partial charge is 0.106 e. The summed E-state index contributed by atoms with van der Waals surface area (Å²) in [5.41, 5.74) is 0.262. The number of fused-ring (bicyclic) bond motifs is 3. The van der Waals surface area contributed by atoms with Gasteiger partial charge in [-0.1, -0.05) is 26.7 Å². The fourth-order valence-electron chi connectivity index (χ4n) is 7.31. The van der Waals surface area contributed by atoms with Gasteiger partial charge in [0.15, 0.2) is 0 Å². The van der Waals surface area contributed by atoms with Crippen molar-refractivity contribution in [2.75, 3.05) is 0 Å². The van der Waals surface area contributed by atoms with Gasteiger partial charge in [-0.05, 0) is 62.2 Å². The molecule has 2 heteroatoms. The maximum absolute atomic E-state index is 11.2. The van der Waals surface area contributed by atoms with Crippen molar-refractivity contribution in [2.45, 2.75) is 82.5 Å². The van der Waals surface area contributed by atoms with E-state index < -0.39 is 5.60 Å². The maximum atomic E-state index is 11.2. The van der Waals surface area contributed by atoms with E-state index in [1.54, 1.807) is 0 Å². The topological polar surface area (TPSA) is 32.8 Å². The Labute approximate surface area is 122 Å². The largest absolute Gasteiger partial charge is 0.389 e. The molecule has 20 heavy (non-hydrogen) atoms. The average molecular weight is 276 g/mol. The Hall–Kier alpha value is -0.0800. The molecule has 5 fully saturated rings. The van der Waals surface area contributed by atoms with Gasteiger partial charge in [-0.3, -0.25) is 0 Å². The highest BCUT2D eigenvalue weighted by atomic mass is 16.6. The van der Waals surface area contributed by atoms with Crippen molar-refractivity contribution in [1.82, 2.24) is 0 Å². The number of hydrogen-bond acceptors (Lipinski definition) is 2. The van der Waals surface area contributed by atoms with Gasteiger partial charge in [-0.25, -0.2) is 0 Å². The van der Waals surface area contributed by atoms with Gasteiger partial charge in [0, 0.05) is 5.92 Å². The van der Waals surface area contributed by atoms with Gasteiger partial charge in [0.1, 0.15) is 5.60 Å². The minimum atomic E-state index is -0.404. The molecular weight excluding hydrogens is 248 g/mol. The summed E-state index contributed by atoms with van der Waals surface area (Å²) in [6.07, 6.45) is 8.19. The molecule has 2 nitrogen and oxygen atoms in total. The van der Waals surface area contributed by atoms with E-state index in [2.05, 4.69) is 20.8 Å². The first-order valence-electron chi connectivity index (χ1n) is 8.78. The molecule has 4 aliphatic carbocycles. The lowest BCUT2D eigenvalue weighted by Gasteiger charge is -2.52. The highest BCUT2D eigenvalue weighted by Crippen LogP contribution is 2.81. The van der Waals surface area contributed by atoms with Crippen molar-refractivity contribution in [1.29, 1.82) is 0 Å². The van der Waals surface area contributed by atoms with E-state index in [0.29, 0.717) is 11.3 Å². The van der Waals surface area contributed by atoms with E-state index in [-0.39, 0.29) is 11.2 Å². The Morgan fingerprint density at radius 2 is 1.80 bits per heavy atom. The van der Waals surface area contributed by atoms with Crippen LogP contribution >= 0.6 is 0 Å². The van der Waals surface area contributed by atoms with Gasteiger partial charge in [-0.2, -0.15) is 0 Å². The molecule has 7 atom stereocenters. The average Bonchev–Trinajstić information content (AvgIpc) is 3.17. The van der Waals surface area contributed by atoms with Crippen LogP contribution in [0.25, 0.3) is 0 Å². The van der Waals surface area contributed by atoms with E-state index >= 15 is 0 Å². The van der Waals surface area contributed by atoms with Crippen molar-refractivity contribution in [2.24, 2.45) is 29.1 Å². The molecule has 1 aliphatic heterocycles. The van der Waals surface area contributed by atoms with Gasteiger partial charge in [0.25, 0.3) is 0 Å². The van der Waals surface area contributed by atoms with Crippen LogP contribution in [0.3, 0.4) is 0 Å². The number of rotatable bonds is 0. The highest BCUT2D eigenvalue weighted by Gasteiger charge is 2.86. The lowest BCUT2D eigenvalue weighted by Crippen LogP contribution is -2.59. The summed E-state index contributed by atoms with van der Waals surface area (Å²) < 4.78 is 6.53. The highest BCUT2D eigenvalue weighted by molar-refractivity contribution is 5.34. The summed E-state index contributed by atoms with van der Waals surface area (Å²) in [4.78, 5) is 0. The second-order valence-corrected chi connectivity index (χ2v) is 9.33. The molecule has 0 amide bonds. The van der Waals surface area contributed by atoms with E-state index in [1.165, 1.54) is 32.1 Å². The Morgan fingerprint density at radius 3 is 2.60 bits per heavy atom. The molecule has 0 radical (unpaired) electrons. The van der Waals surface area contributed by atoms with Crippen LogP contribution in [-0.4, -0.2) is 21.9 Å². The first-order valence-corrected chi connectivity index (χ1v) is 8.78. The fraction of sp³-hybridized carbons (Fsp3) is 1.00. The third-order valence-corrected chi connectivity index (χ3v) is 8.32. The quantitative estimate of drug-likeness (QED) is 0.687. The third-order valence-electron chi connectivity index (χ3n) is 8.32. The van der Waals surface area contributed by atoms with Crippen LogP contribution in [0.5, 0.6) is 0 Å². The molecule has 4 saturated carbocycles. The summed E-state index contributed by atoms with van der Waals surface area (Å²) in [7, 11) is 0. The Bertz CT molecular complexity index is 486. The first kappa shape index (κ1) is 12.5. The maximum Gasteiger partial charge on any atom is 0.106 e. The van der Waals surface area contributed by atoms with Crippen LogP contribution in [0.2, 0.25) is 0 Å². The van der Waals surface area contributed by atoms with Crippen molar-refractivity contribution in [3.8, 4) is 0 Å². The molecule has 1 heterocycles. The van der Waals surface area contributed by atoms with E-state index in [9.17, 15) is 5.11 Å². The van der Waals surface area contributed by atoms with Gasteiger partial charge in [-0.15, -0.1) is 0 Å². The van der Waals surface area contributed by atoms with Crippen LogP contribution in [0, 0.1) is 29.1 Å². The predicted octanol–water partition coefficient (Wildman–Crippen LogP) is 3.52. The zero-order valence-corrected chi connectivity index (χ0v) is 13.1. The SMILES string of the molecule is CC1(C)[C@H]2[C@H]1C[C@@]1(C)O[C@@]13[C@@H]1CCCC[C@]1(O)CC[C@@H]23. The van der Waals surface area contributed by atoms with Crippen LogP contribution in [0.4, 0.5) is 0 Å². The van der Waals surface area contributed by atoms with Crippen LogP contribution in [-0.2, 0) is 4.74 Å².